The molecule has 2 rings (SSSR count). The SMILES string of the molecule is COc1ccc2ncn(CCN)c2c1. The van der Waals surface area contributed by atoms with Crippen molar-refractivity contribution in [2.45, 2.75) is 6.54 Å². The molecule has 0 radical (unpaired) electrons. The van der Waals surface area contributed by atoms with Crippen molar-refractivity contribution in [2.24, 2.45) is 5.73 Å². The number of rotatable bonds is 3. The number of fused-ring (bicyclic) bond motifs is 1. The minimum Gasteiger partial charge on any atom is -0.497 e. The zero-order valence-corrected chi connectivity index (χ0v) is 8.10. The van der Waals surface area contributed by atoms with Crippen molar-refractivity contribution in [3.05, 3.63) is 24.5 Å². The van der Waals surface area contributed by atoms with Crippen LogP contribution >= 0.6 is 0 Å². The first-order valence-electron chi connectivity index (χ1n) is 4.54. The van der Waals surface area contributed by atoms with Gasteiger partial charge >= 0.3 is 0 Å². The van der Waals surface area contributed by atoms with Crippen LogP contribution in [-0.4, -0.2) is 23.2 Å². The molecular formula is C10H13N3O. The first-order valence-corrected chi connectivity index (χ1v) is 4.54. The normalized spacial score (nSPS) is 10.7. The number of imidazole rings is 1. The quantitative estimate of drug-likeness (QED) is 0.787. The van der Waals surface area contributed by atoms with Gasteiger partial charge in [0, 0.05) is 19.2 Å². The van der Waals surface area contributed by atoms with E-state index in [1.807, 2.05) is 22.8 Å². The molecule has 1 heterocycles. The van der Waals surface area contributed by atoms with Gasteiger partial charge < -0.3 is 15.0 Å². The molecule has 1 aromatic carbocycles. The van der Waals surface area contributed by atoms with Crippen LogP contribution in [0, 0.1) is 0 Å². The van der Waals surface area contributed by atoms with Gasteiger partial charge in [-0.05, 0) is 12.1 Å². The number of aromatic nitrogens is 2. The van der Waals surface area contributed by atoms with Crippen molar-refractivity contribution >= 4 is 11.0 Å². The standard InChI is InChI=1S/C10H13N3O/c1-14-8-2-3-9-10(6-8)13(5-4-11)7-12-9/h2-3,6-7H,4-5,11H2,1H3. The van der Waals surface area contributed by atoms with Gasteiger partial charge in [-0.1, -0.05) is 0 Å². The topological polar surface area (TPSA) is 53.1 Å². The number of hydrogen-bond donors (Lipinski definition) is 1. The van der Waals surface area contributed by atoms with Gasteiger partial charge in [-0.2, -0.15) is 0 Å². The first-order chi connectivity index (χ1) is 6.85. The maximum absolute atomic E-state index is 5.50. The molecule has 0 saturated carbocycles. The lowest BCUT2D eigenvalue weighted by atomic mass is 10.3. The molecular weight excluding hydrogens is 178 g/mol. The Balaban J connectivity index is 2.52. The highest BCUT2D eigenvalue weighted by Crippen LogP contribution is 2.19. The number of hydrogen-bond acceptors (Lipinski definition) is 3. The third kappa shape index (κ3) is 1.44. The highest BCUT2D eigenvalue weighted by atomic mass is 16.5. The van der Waals surface area contributed by atoms with Crippen LogP contribution in [0.2, 0.25) is 0 Å². The van der Waals surface area contributed by atoms with Gasteiger partial charge in [0.15, 0.2) is 0 Å². The molecule has 0 amide bonds. The third-order valence-electron chi connectivity index (χ3n) is 2.20. The van der Waals surface area contributed by atoms with Crippen molar-refractivity contribution in [1.82, 2.24) is 9.55 Å². The Bertz CT molecular complexity index is 436. The highest BCUT2D eigenvalue weighted by Gasteiger charge is 2.02. The molecule has 0 bridgehead atoms. The zero-order valence-electron chi connectivity index (χ0n) is 8.10. The van der Waals surface area contributed by atoms with Crippen LogP contribution in [0.15, 0.2) is 24.5 Å². The molecule has 0 spiro atoms. The summed E-state index contributed by atoms with van der Waals surface area (Å²) in [4.78, 5) is 4.26. The summed E-state index contributed by atoms with van der Waals surface area (Å²) in [5, 5.41) is 0. The van der Waals surface area contributed by atoms with Gasteiger partial charge in [0.2, 0.25) is 0 Å². The van der Waals surface area contributed by atoms with E-state index in [4.69, 9.17) is 10.5 Å². The average Bonchev–Trinajstić information content (AvgIpc) is 2.61. The average molecular weight is 191 g/mol. The fourth-order valence-electron chi connectivity index (χ4n) is 1.48. The number of methoxy groups -OCH3 is 1. The molecule has 4 nitrogen and oxygen atoms in total. The molecule has 0 aliphatic heterocycles. The maximum atomic E-state index is 5.50. The minimum atomic E-state index is 0.614. The van der Waals surface area contributed by atoms with Crippen molar-refractivity contribution in [2.75, 3.05) is 13.7 Å². The second-order valence-corrected chi connectivity index (χ2v) is 3.08. The molecule has 0 fully saturated rings. The highest BCUT2D eigenvalue weighted by molar-refractivity contribution is 5.76. The van der Waals surface area contributed by atoms with E-state index < -0.39 is 0 Å². The van der Waals surface area contributed by atoms with E-state index in [1.165, 1.54) is 0 Å². The predicted molar refractivity (Wildman–Crippen MR) is 55.3 cm³/mol. The summed E-state index contributed by atoms with van der Waals surface area (Å²) in [6, 6.07) is 5.82. The van der Waals surface area contributed by atoms with E-state index >= 15 is 0 Å². The van der Waals surface area contributed by atoms with Gasteiger partial charge in [0.1, 0.15) is 5.75 Å². The Hall–Kier alpha value is -1.55. The van der Waals surface area contributed by atoms with E-state index in [0.717, 1.165) is 23.3 Å². The molecule has 4 heteroatoms. The van der Waals surface area contributed by atoms with Gasteiger partial charge in [0.05, 0.1) is 24.5 Å². The molecule has 0 unspecified atom stereocenters. The summed E-state index contributed by atoms with van der Waals surface area (Å²) in [6.45, 7) is 1.40. The van der Waals surface area contributed by atoms with Crippen LogP contribution in [0.4, 0.5) is 0 Å². The van der Waals surface area contributed by atoms with Gasteiger partial charge in [-0.3, -0.25) is 0 Å². The van der Waals surface area contributed by atoms with E-state index in [1.54, 1.807) is 13.4 Å². The van der Waals surface area contributed by atoms with Crippen LogP contribution in [0.25, 0.3) is 11.0 Å². The molecule has 0 atom stereocenters. The van der Waals surface area contributed by atoms with Crippen LogP contribution in [0.5, 0.6) is 5.75 Å². The second kappa shape index (κ2) is 3.67. The van der Waals surface area contributed by atoms with Crippen molar-refractivity contribution in [3.8, 4) is 5.75 Å². The molecule has 0 aliphatic carbocycles. The number of ether oxygens (including phenoxy) is 1. The third-order valence-corrected chi connectivity index (χ3v) is 2.20. The number of nitrogens with two attached hydrogens (primary N) is 1. The Morgan fingerprint density at radius 3 is 3.07 bits per heavy atom. The van der Waals surface area contributed by atoms with Gasteiger partial charge in [0.25, 0.3) is 0 Å². The first kappa shape index (κ1) is 9.02. The second-order valence-electron chi connectivity index (χ2n) is 3.08. The Kier molecular flexibility index (Phi) is 2.37. The molecule has 14 heavy (non-hydrogen) atoms. The number of benzene rings is 1. The zero-order chi connectivity index (χ0) is 9.97. The largest absolute Gasteiger partial charge is 0.497 e. The summed E-state index contributed by atoms with van der Waals surface area (Å²) < 4.78 is 7.18. The van der Waals surface area contributed by atoms with E-state index in [2.05, 4.69) is 4.98 Å². The summed E-state index contributed by atoms with van der Waals surface area (Å²) in [7, 11) is 1.66. The van der Waals surface area contributed by atoms with Crippen LogP contribution in [0.1, 0.15) is 0 Å². The lowest BCUT2D eigenvalue weighted by Gasteiger charge is -2.03. The Labute approximate surface area is 82.3 Å². The lowest BCUT2D eigenvalue weighted by Crippen LogP contribution is -2.08. The summed E-state index contributed by atoms with van der Waals surface area (Å²) in [6.07, 6.45) is 1.80. The monoisotopic (exact) mass is 191 g/mol. The number of nitrogens with zero attached hydrogens (tertiary/aromatic N) is 2. The molecule has 0 aliphatic rings. The van der Waals surface area contributed by atoms with Crippen LogP contribution < -0.4 is 10.5 Å². The molecule has 2 aromatic rings. The fraction of sp³-hybridized carbons (Fsp3) is 0.300. The molecule has 0 saturated heterocycles. The fourth-order valence-corrected chi connectivity index (χ4v) is 1.48. The summed E-state index contributed by atoms with van der Waals surface area (Å²) >= 11 is 0. The Morgan fingerprint density at radius 1 is 1.50 bits per heavy atom. The Morgan fingerprint density at radius 2 is 2.36 bits per heavy atom. The van der Waals surface area contributed by atoms with E-state index in [-0.39, 0.29) is 0 Å². The van der Waals surface area contributed by atoms with Gasteiger partial charge in [-0.25, -0.2) is 4.98 Å². The van der Waals surface area contributed by atoms with E-state index in [0.29, 0.717) is 6.54 Å². The van der Waals surface area contributed by atoms with E-state index in [9.17, 15) is 0 Å². The van der Waals surface area contributed by atoms with Crippen molar-refractivity contribution < 1.29 is 4.74 Å². The molecule has 1 aromatic heterocycles. The van der Waals surface area contributed by atoms with Crippen LogP contribution in [-0.2, 0) is 6.54 Å². The maximum Gasteiger partial charge on any atom is 0.121 e. The molecule has 74 valence electrons. The smallest absolute Gasteiger partial charge is 0.121 e. The summed E-state index contributed by atoms with van der Waals surface area (Å²) in [5.41, 5.74) is 7.54. The predicted octanol–water partition coefficient (Wildman–Crippen LogP) is 1.00. The molecule has 2 N–H and O–H groups in total. The lowest BCUT2D eigenvalue weighted by molar-refractivity contribution is 0.415. The van der Waals surface area contributed by atoms with Crippen LogP contribution in [0.3, 0.4) is 0 Å². The van der Waals surface area contributed by atoms with Gasteiger partial charge in [-0.15, -0.1) is 0 Å². The minimum absolute atomic E-state index is 0.614. The van der Waals surface area contributed by atoms with Crippen molar-refractivity contribution in [3.63, 3.8) is 0 Å². The summed E-state index contributed by atoms with van der Waals surface area (Å²) in [5.74, 6) is 0.844. The van der Waals surface area contributed by atoms with Crippen molar-refractivity contribution in [1.29, 1.82) is 0 Å².